The van der Waals surface area contributed by atoms with E-state index >= 15 is 0 Å². The van der Waals surface area contributed by atoms with Crippen LogP contribution in [-0.4, -0.2) is 21.5 Å². The second-order valence-electron chi connectivity index (χ2n) is 6.76. The molecule has 0 aromatic heterocycles. The van der Waals surface area contributed by atoms with E-state index in [2.05, 4.69) is 5.43 Å². The normalized spacial score (nSPS) is 15.7. The zero-order valence-corrected chi connectivity index (χ0v) is 15.2. The van der Waals surface area contributed by atoms with Gasteiger partial charge < -0.3 is 15.5 Å². The monoisotopic (exact) mass is 391 g/mol. The molecule has 2 aliphatic heterocycles. The molecule has 0 fully saturated rings. The van der Waals surface area contributed by atoms with Crippen LogP contribution in [-0.2, 0) is 6.18 Å². The van der Waals surface area contributed by atoms with Crippen LogP contribution in [0.2, 0.25) is 0 Å². The van der Waals surface area contributed by atoms with Gasteiger partial charge >= 0.3 is 6.18 Å². The number of alkyl halides is 3. The van der Waals surface area contributed by atoms with Crippen LogP contribution in [0.25, 0.3) is 11.9 Å². The van der Waals surface area contributed by atoms with Crippen molar-refractivity contribution < 1.29 is 23.8 Å². The summed E-state index contributed by atoms with van der Waals surface area (Å²) in [6, 6.07) is 12.6. The first-order valence-electron chi connectivity index (χ1n) is 8.54. The molecule has 0 aliphatic carbocycles. The number of benzene rings is 2. The Morgan fingerprint density at radius 1 is 1.04 bits per heavy atom. The molecule has 0 amide bonds. The number of rotatable bonds is 2. The molecule has 0 bridgehead atoms. The van der Waals surface area contributed by atoms with Gasteiger partial charge in [-0.1, -0.05) is 30.3 Å². The molecule has 2 aromatic rings. The predicted molar refractivity (Wildman–Crippen MR) is 101 cm³/mol. The topological polar surface area (TPSA) is 70.2 Å². The quantitative estimate of drug-likeness (QED) is 0.824. The Morgan fingerprint density at radius 2 is 1.75 bits per heavy atom. The van der Waals surface area contributed by atoms with Gasteiger partial charge in [0, 0.05) is 22.7 Å². The lowest BCUT2D eigenvalue weighted by Crippen LogP contribution is -2.42. The van der Waals surface area contributed by atoms with E-state index in [1.807, 2.05) is 49.2 Å². The van der Waals surface area contributed by atoms with Gasteiger partial charge in [0.15, 0.2) is 0 Å². The number of nitrogens with zero attached hydrogens (tertiary/aromatic N) is 2. The Morgan fingerprint density at radius 3 is 2.43 bits per heavy atom. The Labute approximate surface area is 159 Å². The molecular formula is C20H20F3N3O2. The van der Waals surface area contributed by atoms with Crippen LogP contribution in [0, 0.1) is 0 Å². The van der Waals surface area contributed by atoms with Gasteiger partial charge in [-0.3, -0.25) is 5.43 Å². The molecule has 2 aromatic carbocycles. The minimum atomic E-state index is -4.46. The van der Waals surface area contributed by atoms with Crippen LogP contribution in [0.4, 0.5) is 18.9 Å². The van der Waals surface area contributed by atoms with Crippen molar-refractivity contribution in [2.45, 2.75) is 26.1 Å². The van der Waals surface area contributed by atoms with E-state index in [1.165, 1.54) is 17.1 Å². The summed E-state index contributed by atoms with van der Waals surface area (Å²) in [5, 5.41) is 14.0. The first kappa shape index (κ1) is 19.6. The van der Waals surface area contributed by atoms with E-state index in [4.69, 9.17) is 0 Å². The van der Waals surface area contributed by atoms with Crippen LogP contribution in [0.5, 0.6) is 0 Å². The second kappa shape index (κ2) is 6.79. The predicted octanol–water partition coefficient (Wildman–Crippen LogP) is 2.20. The van der Waals surface area contributed by atoms with Crippen LogP contribution in [0.1, 0.15) is 19.4 Å². The third-order valence-corrected chi connectivity index (χ3v) is 4.64. The maximum atomic E-state index is 13.1. The number of hydrogen-bond donors (Lipinski definition) is 2. The van der Waals surface area contributed by atoms with Crippen molar-refractivity contribution in [2.75, 3.05) is 5.01 Å². The summed E-state index contributed by atoms with van der Waals surface area (Å²) in [5.74, 6) is -0.135. The molecule has 0 unspecified atom stereocenters. The molecule has 0 saturated heterocycles. The molecule has 2 heterocycles. The fraction of sp³-hybridized carbons (Fsp3) is 0.200. The average Bonchev–Trinajstić information content (AvgIpc) is 2.98. The highest BCUT2D eigenvalue weighted by molar-refractivity contribution is 5.75. The molecule has 28 heavy (non-hydrogen) atoms. The first-order chi connectivity index (χ1) is 12.8. The summed E-state index contributed by atoms with van der Waals surface area (Å²) >= 11 is 0. The minimum absolute atomic E-state index is 0. The lowest BCUT2D eigenvalue weighted by atomic mass is 10.1. The molecule has 2 aliphatic rings. The highest BCUT2D eigenvalue weighted by atomic mass is 19.4. The number of anilines is 1. The third kappa shape index (κ3) is 3.05. The van der Waals surface area contributed by atoms with Crippen LogP contribution >= 0.6 is 0 Å². The van der Waals surface area contributed by atoms with Crippen LogP contribution in [0.3, 0.4) is 0 Å². The van der Waals surface area contributed by atoms with E-state index in [1.54, 1.807) is 0 Å². The Kier molecular flexibility index (Phi) is 4.76. The number of hydrazine groups is 1. The van der Waals surface area contributed by atoms with Gasteiger partial charge in [0.25, 0.3) is 0 Å². The third-order valence-electron chi connectivity index (χ3n) is 4.64. The minimum Gasteiger partial charge on any atom is -0.492 e. The molecule has 4 rings (SSSR count). The number of aliphatic hydroxyl groups excluding tert-OH is 1. The molecule has 0 radical (unpaired) electrons. The van der Waals surface area contributed by atoms with Gasteiger partial charge in [-0.05, 0) is 32.0 Å². The molecule has 0 saturated carbocycles. The van der Waals surface area contributed by atoms with Crippen molar-refractivity contribution in [3.05, 3.63) is 76.1 Å². The van der Waals surface area contributed by atoms with Gasteiger partial charge in [0.2, 0.25) is 5.88 Å². The zero-order valence-electron chi connectivity index (χ0n) is 15.2. The lowest BCUT2D eigenvalue weighted by Gasteiger charge is -2.28. The Bertz CT molecular complexity index is 1060. The summed E-state index contributed by atoms with van der Waals surface area (Å²) in [7, 11) is 0. The van der Waals surface area contributed by atoms with Crippen molar-refractivity contribution in [3.63, 3.8) is 0 Å². The van der Waals surface area contributed by atoms with Gasteiger partial charge in [0.05, 0.1) is 16.9 Å². The number of halogens is 3. The summed E-state index contributed by atoms with van der Waals surface area (Å²) in [4.78, 5) is 1.91. The van der Waals surface area contributed by atoms with Crippen molar-refractivity contribution in [1.29, 1.82) is 0 Å². The lowest BCUT2D eigenvalue weighted by molar-refractivity contribution is -0.137. The maximum absolute atomic E-state index is 13.1. The Hall–Kier alpha value is -3.13. The fourth-order valence-corrected chi connectivity index (χ4v) is 3.33. The molecular weight excluding hydrogens is 371 g/mol. The summed E-state index contributed by atoms with van der Waals surface area (Å²) in [6.07, 6.45) is -2.52. The van der Waals surface area contributed by atoms with Gasteiger partial charge in [-0.25, -0.2) is 5.01 Å². The fourth-order valence-electron chi connectivity index (χ4n) is 3.33. The average molecular weight is 391 g/mol. The van der Waals surface area contributed by atoms with Crippen LogP contribution in [0.15, 0.2) is 60.1 Å². The molecule has 5 nitrogen and oxygen atoms in total. The standard InChI is InChI=1S/C20H18F3N3O.H2O/c1-12(2)25-11-13-6-3-4-9-16(13)17-18(25)19(27)26(24-17)15-8-5-7-14(10-15)20(21,22)23;/h3-12,24,27H,1-2H3;1H2. The number of nitrogens with one attached hydrogen (secondary N) is 1. The Balaban J connectivity index is 0.00000225. The van der Waals surface area contributed by atoms with Gasteiger partial charge in [-0.2, -0.15) is 13.2 Å². The van der Waals surface area contributed by atoms with Gasteiger partial charge in [0.1, 0.15) is 5.70 Å². The van der Waals surface area contributed by atoms with E-state index in [-0.39, 0.29) is 23.1 Å². The van der Waals surface area contributed by atoms with Crippen LogP contribution < -0.4 is 20.9 Å². The van der Waals surface area contributed by atoms with Crippen molar-refractivity contribution in [2.24, 2.45) is 0 Å². The summed E-state index contributed by atoms with van der Waals surface area (Å²) in [6.45, 7) is 3.96. The molecule has 148 valence electrons. The summed E-state index contributed by atoms with van der Waals surface area (Å²) < 4.78 is 39.2. The number of hydrogen-bond acceptors (Lipinski definition) is 4. The number of aliphatic hydroxyl groups is 1. The van der Waals surface area contributed by atoms with E-state index < -0.39 is 11.7 Å². The molecule has 0 spiro atoms. The van der Waals surface area contributed by atoms with Gasteiger partial charge in [-0.15, -0.1) is 0 Å². The smallest absolute Gasteiger partial charge is 0.416 e. The zero-order chi connectivity index (χ0) is 19.3. The molecule has 0 atom stereocenters. The largest absolute Gasteiger partial charge is 0.492 e. The molecule has 4 N–H and O–H groups in total. The van der Waals surface area contributed by atoms with Crippen molar-refractivity contribution in [1.82, 2.24) is 10.3 Å². The maximum Gasteiger partial charge on any atom is 0.416 e. The molecule has 8 heteroatoms. The van der Waals surface area contributed by atoms with Crippen molar-refractivity contribution >= 4 is 17.6 Å². The van der Waals surface area contributed by atoms with E-state index in [0.717, 1.165) is 22.6 Å². The SMILES string of the molecule is CC(C)N1C=c2ccccc2=C2NN(c3cccc(C(F)(F)F)c3)C(O)=C21.O. The highest BCUT2D eigenvalue weighted by Gasteiger charge is 2.36. The highest BCUT2D eigenvalue weighted by Crippen LogP contribution is 2.35. The van der Waals surface area contributed by atoms with Crippen molar-refractivity contribution in [3.8, 4) is 0 Å². The van der Waals surface area contributed by atoms with E-state index in [9.17, 15) is 18.3 Å². The second-order valence-corrected chi connectivity index (χ2v) is 6.76. The first-order valence-corrected chi connectivity index (χ1v) is 8.54. The van der Waals surface area contributed by atoms with E-state index in [0.29, 0.717) is 11.4 Å². The number of fused-ring (bicyclic) bond motifs is 2. The summed E-state index contributed by atoms with van der Waals surface area (Å²) in [5.41, 5.74) is 3.72.